The minimum atomic E-state index is -0.919. The zero-order valence-electron chi connectivity index (χ0n) is 16.5. The third-order valence-corrected chi connectivity index (χ3v) is 5.95. The van der Waals surface area contributed by atoms with E-state index in [2.05, 4.69) is 23.5 Å². The topological polar surface area (TPSA) is 69.6 Å². The SMILES string of the molecule is O=C(O)c1cccc(-c2ccc3c(c2)C[C@@H](NC[C@@H](O)c2cccc(Cl)c2)CC3)c1. The lowest BCUT2D eigenvalue weighted by Crippen LogP contribution is -2.37. The molecular formula is C25H24ClNO3. The van der Waals surface area contributed by atoms with Crippen LogP contribution in [0.1, 0.15) is 39.6 Å². The lowest BCUT2D eigenvalue weighted by atomic mass is 9.86. The van der Waals surface area contributed by atoms with Crippen LogP contribution < -0.4 is 5.32 Å². The van der Waals surface area contributed by atoms with Gasteiger partial charge in [0.15, 0.2) is 0 Å². The molecule has 0 aliphatic heterocycles. The second-order valence-electron chi connectivity index (χ2n) is 7.79. The number of nitrogens with one attached hydrogen (secondary N) is 1. The van der Waals surface area contributed by atoms with Gasteiger partial charge in [0.05, 0.1) is 11.7 Å². The van der Waals surface area contributed by atoms with E-state index in [-0.39, 0.29) is 6.04 Å². The molecule has 0 radical (unpaired) electrons. The second kappa shape index (κ2) is 9.00. The first-order chi connectivity index (χ1) is 14.5. The molecule has 0 aromatic heterocycles. The molecule has 154 valence electrons. The van der Waals surface area contributed by atoms with Gasteiger partial charge in [-0.2, -0.15) is 0 Å². The predicted molar refractivity (Wildman–Crippen MR) is 119 cm³/mol. The van der Waals surface area contributed by atoms with Crippen LogP contribution in [0.25, 0.3) is 11.1 Å². The van der Waals surface area contributed by atoms with Crippen LogP contribution >= 0.6 is 11.6 Å². The average Bonchev–Trinajstić information content (AvgIpc) is 2.77. The largest absolute Gasteiger partial charge is 0.478 e. The molecule has 0 bridgehead atoms. The smallest absolute Gasteiger partial charge is 0.335 e. The number of carboxylic acid groups (broad SMARTS) is 1. The van der Waals surface area contributed by atoms with E-state index in [0.717, 1.165) is 36.0 Å². The van der Waals surface area contributed by atoms with Crippen LogP contribution in [0.15, 0.2) is 66.7 Å². The third-order valence-electron chi connectivity index (χ3n) is 5.71. The van der Waals surface area contributed by atoms with Gasteiger partial charge < -0.3 is 15.5 Å². The van der Waals surface area contributed by atoms with Crippen LogP contribution in [0.4, 0.5) is 0 Å². The molecule has 4 rings (SSSR count). The van der Waals surface area contributed by atoms with Crippen molar-refractivity contribution in [2.75, 3.05) is 6.54 Å². The number of halogens is 1. The van der Waals surface area contributed by atoms with Crippen LogP contribution in [-0.4, -0.2) is 28.8 Å². The molecule has 2 atom stereocenters. The Kier molecular flexibility index (Phi) is 6.18. The zero-order valence-corrected chi connectivity index (χ0v) is 17.3. The molecule has 3 aromatic carbocycles. The van der Waals surface area contributed by atoms with Crippen molar-refractivity contribution in [1.82, 2.24) is 5.32 Å². The zero-order chi connectivity index (χ0) is 21.1. The summed E-state index contributed by atoms with van der Waals surface area (Å²) in [6.07, 6.45) is 2.28. The van der Waals surface area contributed by atoms with Crippen molar-refractivity contribution in [3.05, 3.63) is 94.0 Å². The quantitative estimate of drug-likeness (QED) is 0.530. The van der Waals surface area contributed by atoms with Gasteiger partial charge in [-0.25, -0.2) is 4.79 Å². The fourth-order valence-corrected chi connectivity index (χ4v) is 4.25. The first kappa shape index (κ1) is 20.6. The van der Waals surface area contributed by atoms with E-state index in [1.165, 1.54) is 11.1 Å². The lowest BCUT2D eigenvalue weighted by Gasteiger charge is -2.27. The summed E-state index contributed by atoms with van der Waals surface area (Å²) in [6, 6.07) is 21.0. The standard InChI is InChI=1S/C25H24ClNO3/c26-22-6-2-4-19(13-22)24(28)15-27-23-10-9-16-7-8-18(12-21(16)14-23)17-3-1-5-20(11-17)25(29)30/h1-8,11-13,23-24,27-28H,9-10,14-15H2,(H,29,30)/t23-,24+/m0/s1. The number of hydrogen-bond donors (Lipinski definition) is 3. The first-order valence-corrected chi connectivity index (χ1v) is 10.5. The Balaban J connectivity index is 1.45. The highest BCUT2D eigenvalue weighted by molar-refractivity contribution is 6.30. The highest BCUT2D eigenvalue weighted by Gasteiger charge is 2.20. The molecule has 30 heavy (non-hydrogen) atoms. The fraction of sp³-hybridized carbons (Fsp3) is 0.240. The van der Waals surface area contributed by atoms with E-state index in [4.69, 9.17) is 11.6 Å². The predicted octanol–water partition coefficient (Wildman–Crippen LogP) is 4.89. The van der Waals surface area contributed by atoms with E-state index >= 15 is 0 Å². The number of hydrogen-bond acceptors (Lipinski definition) is 3. The number of rotatable bonds is 6. The molecular weight excluding hydrogens is 398 g/mol. The number of aryl methyl sites for hydroxylation is 1. The molecule has 0 saturated heterocycles. The molecule has 4 nitrogen and oxygen atoms in total. The van der Waals surface area contributed by atoms with Crippen molar-refractivity contribution in [2.24, 2.45) is 0 Å². The Morgan fingerprint density at radius 3 is 2.63 bits per heavy atom. The second-order valence-corrected chi connectivity index (χ2v) is 8.22. The van der Waals surface area contributed by atoms with Gasteiger partial charge in [0.2, 0.25) is 0 Å². The van der Waals surface area contributed by atoms with E-state index < -0.39 is 12.1 Å². The molecule has 1 aliphatic carbocycles. The minimum Gasteiger partial charge on any atom is -0.478 e. The Hall–Kier alpha value is -2.66. The Labute approximate surface area is 181 Å². The van der Waals surface area contributed by atoms with E-state index in [9.17, 15) is 15.0 Å². The fourth-order valence-electron chi connectivity index (χ4n) is 4.05. The van der Waals surface area contributed by atoms with Crippen LogP contribution in [0, 0.1) is 0 Å². The van der Waals surface area contributed by atoms with Gasteiger partial charge in [-0.05, 0) is 71.3 Å². The van der Waals surface area contributed by atoms with Crippen molar-refractivity contribution >= 4 is 17.6 Å². The summed E-state index contributed by atoms with van der Waals surface area (Å²) in [7, 11) is 0. The molecule has 3 N–H and O–H groups in total. The Bertz CT molecular complexity index is 1070. The molecule has 0 amide bonds. The Morgan fingerprint density at radius 1 is 1.03 bits per heavy atom. The van der Waals surface area contributed by atoms with Crippen molar-refractivity contribution in [2.45, 2.75) is 31.4 Å². The van der Waals surface area contributed by atoms with Crippen LogP contribution in [0.5, 0.6) is 0 Å². The highest BCUT2D eigenvalue weighted by atomic mass is 35.5. The highest BCUT2D eigenvalue weighted by Crippen LogP contribution is 2.28. The minimum absolute atomic E-state index is 0.284. The lowest BCUT2D eigenvalue weighted by molar-refractivity contribution is 0.0697. The van der Waals surface area contributed by atoms with Gasteiger partial charge in [-0.3, -0.25) is 0 Å². The van der Waals surface area contributed by atoms with Crippen LogP contribution in [-0.2, 0) is 12.8 Å². The summed E-state index contributed by atoms with van der Waals surface area (Å²) in [5, 5.41) is 23.8. The van der Waals surface area contributed by atoms with Crippen molar-refractivity contribution in [1.29, 1.82) is 0 Å². The van der Waals surface area contributed by atoms with Crippen LogP contribution in [0.3, 0.4) is 0 Å². The summed E-state index contributed by atoms with van der Waals surface area (Å²) in [5.41, 5.74) is 5.64. The summed E-state index contributed by atoms with van der Waals surface area (Å²) >= 11 is 6.02. The summed E-state index contributed by atoms with van der Waals surface area (Å²) in [4.78, 5) is 11.3. The van der Waals surface area contributed by atoms with Gasteiger partial charge in [-0.1, -0.05) is 54.1 Å². The summed E-state index contributed by atoms with van der Waals surface area (Å²) in [5.74, 6) is -0.919. The van der Waals surface area contributed by atoms with E-state index in [1.54, 1.807) is 30.3 Å². The maximum atomic E-state index is 11.3. The molecule has 0 spiro atoms. The summed E-state index contributed by atoms with van der Waals surface area (Å²) in [6.45, 7) is 0.473. The number of aliphatic hydroxyl groups excluding tert-OH is 1. The van der Waals surface area contributed by atoms with Crippen molar-refractivity contribution in [3.63, 3.8) is 0 Å². The molecule has 1 aliphatic rings. The van der Waals surface area contributed by atoms with Gasteiger partial charge in [0, 0.05) is 17.6 Å². The van der Waals surface area contributed by atoms with Crippen molar-refractivity contribution < 1.29 is 15.0 Å². The number of carbonyl (C=O) groups is 1. The normalized spacial score (nSPS) is 16.7. The Morgan fingerprint density at radius 2 is 1.83 bits per heavy atom. The van der Waals surface area contributed by atoms with Gasteiger partial charge in [0.1, 0.15) is 0 Å². The number of benzene rings is 3. The summed E-state index contributed by atoms with van der Waals surface area (Å²) < 4.78 is 0. The van der Waals surface area contributed by atoms with Gasteiger partial charge in [0.25, 0.3) is 0 Å². The number of aliphatic hydroxyl groups is 1. The van der Waals surface area contributed by atoms with Crippen molar-refractivity contribution in [3.8, 4) is 11.1 Å². The maximum absolute atomic E-state index is 11.3. The monoisotopic (exact) mass is 421 g/mol. The number of fused-ring (bicyclic) bond motifs is 1. The van der Waals surface area contributed by atoms with Crippen LogP contribution in [0.2, 0.25) is 5.02 Å². The average molecular weight is 422 g/mol. The molecule has 5 heteroatoms. The third kappa shape index (κ3) is 4.73. The molecule has 0 saturated carbocycles. The first-order valence-electron chi connectivity index (χ1n) is 10.1. The van der Waals surface area contributed by atoms with Gasteiger partial charge in [-0.15, -0.1) is 0 Å². The number of aromatic carboxylic acids is 1. The van der Waals surface area contributed by atoms with E-state index in [0.29, 0.717) is 17.1 Å². The molecule has 0 heterocycles. The maximum Gasteiger partial charge on any atom is 0.335 e. The molecule has 0 unspecified atom stereocenters. The van der Waals surface area contributed by atoms with Gasteiger partial charge >= 0.3 is 5.97 Å². The molecule has 0 fully saturated rings. The van der Waals surface area contributed by atoms with E-state index in [1.807, 2.05) is 18.2 Å². The number of carboxylic acids is 1. The molecule has 3 aromatic rings.